The molecule has 0 spiro atoms. The largest absolute Gasteiger partial charge is 0.309 e. The lowest BCUT2D eigenvalue weighted by Gasteiger charge is -2.37. The SMILES string of the molecule is CCCC(CCC)N(C(=O)C(C)C(C)(C)C)c1ccc(F)c(C)c1. The van der Waals surface area contributed by atoms with Gasteiger partial charge in [0.1, 0.15) is 5.82 Å². The number of carbonyl (C=O) groups excluding carboxylic acids is 1. The number of halogens is 1. The van der Waals surface area contributed by atoms with Gasteiger partial charge in [-0.15, -0.1) is 0 Å². The predicted molar refractivity (Wildman–Crippen MR) is 101 cm³/mol. The smallest absolute Gasteiger partial charge is 0.230 e. The number of nitrogens with zero attached hydrogens (tertiary/aromatic N) is 1. The number of hydrogen-bond acceptors (Lipinski definition) is 1. The van der Waals surface area contributed by atoms with Gasteiger partial charge >= 0.3 is 0 Å². The average Bonchev–Trinajstić information content (AvgIpc) is 2.49. The number of benzene rings is 1. The molecule has 0 bridgehead atoms. The first-order valence-corrected chi connectivity index (χ1v) is 9.22. The van der Waals surface area contributed by atoms with Crippen LogP contribution in [-0.2, 0) is 4.79 Å². The quantitative estimate of drug-likeness (QED) is 0.588. The van der Waals surface area contributed by atoms with Crippen LogP contribution in [0.25, 0.3) is 0 Å². The molecule has 0 saturated carbocycles. The van der Waals surface area contributed by atoms with Crippen LogP contribution in [0.3, 0.4) is 0 Å². The molecule has 0 aliphatic rings. The predicted octanol–water partition coefficient (Wildman–Crippen LogP) is 6.12. The second-order valence-electron chi connectivity index (χ2n) is 7.96. The van der Waals surface area contributed by atoms with Gasteiger partial charge in [0, 0.05) is 17.6 Å². The van der Waals surface area contributed by atoms with Crippen molar-refractivity contribution in [2.45, 2.75) is 80.2 Å². The normalized spacial score (nSPS) is 13.2. The van der Waals surface area contributed by atoms with E-state index in [0.29, 0.717) is 5.56 Å². The van der Waals surface area contributed by atoms with Gasteiger partial charge in [-0.3, -0.25) is 4.79 Å². The van der Waals surface area contributed by atoms with E-state index in [1.165, 1.54) is 6.07 Å². The highest BCUT2D eigenvalue weighted by Gasteiger charge is 2.34. The van der Waals surface area contributed by atoms with Crippen LogP contribution in [0.15, 0.2) is 18.2 Å². The monoisotopic (exact) mass is 335 g/mol. The molecule has 1 unspecified atom stereocenters. The van der Waals surface area contributed by atoms with E-state index < -0.39 is 0 Å². The molecule has 136 valence electrons. The molecule has 1 atom stereocenters. The van der Waals surface area contributed by atoms with Crippen LogP contribution in [0, 0.1) is 24.1 Å². The Morgan fingerprint density at radius 2 is 1.71 bits per heavy atom. The number of hydrogen-bond donors (Lipinski definition) is 0. The van der Waals surface area contributed by atoms with E-state index in [1.54, 1.807) is 19.1 Å². The molecule has 1 aromatic carbocycles. The summed E-state index contributed by atoms with van der Waals surface area (Å²) < 4.78 is 13.7. The van der Waals surface area contributed by atoms with Gasteiger partial charge in [0.15, 0.2) is 0 Å². The maximum Gasteiger partial charge on any atom is 0.230 e. The Bertz CT molecular complexity index is 541. The summed E-state index contributed by atoms with van der Waals surface area (Å²) in [7, 11) is 0. The summed E-state index contributed by atoms with van der Waals surface area (Å²) in [6.45, 7) is 14.3. The van der Waals surface area contributed by atoms with Crippen LogP contribution in [0.5, 0.6) is 0 Å². The first-order chi connectivity index (χ1) is 11.1. The number of anilines is 1. The van der Waals surface area contributed by atoms with Gasteiger partial charge in [-0.05, 0) is 48.9 Å². The first kappa shape index (κ1) is 20.7. The van der Waals surface area contributed by atoms with E-state index in [0.717, 1.165) is 31.4 Å². The Hall–Kier alpha value is -1.38. The Balaban J connectivity index is 3.33. The topological polar surface area (TPSA) is 20.3 Å². The van der Waals surface area contributed by atoms with E-state index in [4.69, 9.17) is 0 Å². The maximum atomic E-state index is 13.7. The maximum absolute atomic E-state index is 13.7. The standard InChI is InChI=1S/C21H34FNO/c1-8-10-17(11-9-2)23(20(24)16(4)21(5,6)7)18-12-13-19(22)15(3)14-18/h12-14,16-17H,8-11H2,1-7H3. The Labute approximate surface area is 147 Å². The van der Waals surface area contributed by atoms with E-state index in [-0.39, 0.29) is 29.1 Å². The highest BCUT2D eigenvalue weighted by atomic mass is 19.1. The van der Waals surface area contributed by atoms with Crippen molar-refractivity contribution >= 4 is 11.6 Å². The Kier molecular flexibility index (Phi) is 7.44. The summed E-state index contributed by atoms with van der Waals surface area (Å²) in [4.78, 5) is 15.2. The van der Waals surface area contributed by atoms with E-state index in [9.17, 15) is 9.18 Å². The minimum Gasteiger partial charge on any atom is -0.309 e. The molecule has 0 fully saturated rings. The highest BCUT2D eigenvalue weighted by Crippen LogP contribution is 2.32. The molecule has 3 heteroatoms. The van der Waals surface area contributed by atoms with Crippen molar-refractivity contribution in [1.82, 2.24) is 0 Å². The fourth-order valence-electron chi connectivity index (χ4n) is 2.94. The molecule has 0 radical (unpaired) electrons. The van der Waals surface area contributed by atoms with Crippen LogP contribution < -0.4 is 4.90 Å². The average molecular weight is 336 g/mol. The second-order valence-corrected chi connectivity index (χ2v) is 7.96. The summed E-state index contributed by atoms with van der Waals surface area (Å²) in [6.07, 6.45) is 3.98. The van der Waals surface area contributed by atoms with Crippen molar-refractivity contribution in [3.05, 3.63) is 29.6 Å². The molecule has 0 aliphatic carbocycles. The molecule has 0 N–H and O–H groups in total. The number of carbonyl (C=O) groups is 1. The number of rotatable bonds is 7. The van der Waals surface area contributed by atoms with Crippen LogP contribution in [0.4, 0.5) is 10.1 Å². The van der Waals surface area contributed by atoms with Gasteiger partial charge in [0.25, 0.3) is 0 Å². The van der Waals surface area contributed by atoms with Gasteiger partial charge in [-0.1, -0.05) is 54.4 Å². The zero-order valence-electron chi connectivity index (χ0n) is 16.4. The van der Waals surface area contributed by atoms with E-state index >= 15 is 0 Å². The van der Waals surface area contributed by atoms with Crippen LogP contribution >= 0.6 is 0 Å². The molecule has 0 heterocycles. The Morgan fingerprint density at radius 3 is 2.12 bits per heavy atom. The summed E-state index contributed by atoms with van der Waals surface area (Å²) in [5.41, 5.74) is 1.30. The molecule has 2 nitrogen and oxygen atoms in total. The summed E-state index contributed by atoms with van der Waals surface area (Å²) >= 11 is 0. The van der Waals surface area contributed by atoms with Crippen molar-refractivity contribution in [3.8, 4) is 0 Å². The van der Waals surface area contributed by atoms with Crippen LogP contribution in [-0.4, -0.2) is 11.9 Å². The second kappa shape index (κ2) is 8.64. The zero-order chi connectivity index (χ0) is 18.5. The highest BCUT2D eigenvalue weighted by molar-refractivity contribution is 5.96. The van der Waals surface area contributed by atoms with E-state index in [1.807, 2.05) is 11.8 Å². The third kappa shape index (κ3) is 5.06. The lowest BCUT2D eigenvalue weighted by Crippen LogP contribution is -2.46. The number of amides is 1. The molecule has 1 rings (SSSR count). The molecular weight excluding hydrogens is 301 g/mol. The molecule has 0 aromatic heterocycles. The third-order valence-corrected chi connectivity index (χ3v) is 4.94. The molecule has 0 saturated heterocycles. The Morgan fingerprint density at radius 1 is 1.17 bits per heavy atom. The summed E-state index contributed by atoms with van der Waals surface area (Å²) in [6, 6.07) is 5.19. The van der Waals surface area contributed by atoms with Crippen molar-refractivity contribution < 1.29 is 9.18 Å². The minimum atomic E-state index is -0.224. The van der Waals surface area contributed by atoms with Crippen molar-refractivity contribution in [3.63, 3.8) is 0 Å². The molecule has 0 aliphatic heterocycles. The van der Waals surface area contributed by atoms with Crippen molar-refractivity contribution in [2.75, 3.05) is 4.90 Å². The van der Waals surface area contributed by atoms with Gasteiger partial charge in [0.05, 0.1) is 0 Å². The fraction of sp³-hybridized carbons (Fsp3) is 0.667. The zero-order valence-corrected chi connectivity index (χ0v) is 16.4. The van der Waals surface area contributed by atoms with Crippen LogP contribution in [0.1, 0.15) is 72.8 Å². The van der Waals surface area contributed by atoms with Gasteiger partial charge in [-0.25, -0.2) is 4.39 Å². The lowest BCUT2D eigenvalue weighted by molar-refractivity contribution is -0.125. The van der Waals surface area contributed by atoms with Gasteiger partial charge in [-0.2, -0.15) is 0 Å². The van der Waals surface area contributed by atoms with Crippen molar-refractivity contribution in [1.29, 1.82) is 0 Å². The third-order valence-electron chi connectivity index (χ3n) is 4.94. The van der Waals surface area contributed by atoms with E-state index in [2.05, 4.69) is 34.6 Å². The molecule has 1 aromatic rings. The number of aryl methyl sites for hydroxylation is 1. The first-order valence-electron chi connectivity index (χ1n) is 9.22. The fourth-order valence-corrected chi connectivity index (χ4v) is 2.94. The summed E-state index contributed by atoms with van der Waals surface area (Å²) in [5.74, 6) is -0.183. The van der Waals surface area contributed by atoms with Gasteiger partial charge in [0.2, 0.25) is 5.91 Å². The molecule has 24 heavy (non-hydrogen) atoms. The van der Waals surface area contributed by atoms with Crippen LogP contribution in [0.2, 0.25) is 0 Å². The van der Waals surface area contributed by atoms with Crippen molar-refractivity contribution in [2.24, 2.45) is 11.3 Å². The lowest BCUT2D eigenvalue weighted by atomic mass is 9.80. The molecular formula is C21H34FNO. The van der Waals surface area contributed by atoms with Gasteiger partial charge < -0.3 is 4.90 Å². The molecule has 1 amide bonds. The summed E-state index contributed by atoms with van der Waals surface area (Å²) in [5, 5.41) is 0. The minimum absolute atomic E-state index is 0.0981.